The zero-order chi connectivity index (χ0) is 11.8. The maximum Gasteiger partial charge on any atom is 0.409 e. The second-order valence-electron chi connectivity index (χ2n) is 4.04. The molecule has 0 fully saturated rings. The Morgan fingerprint density at radius 3 is 2.47 bits per heavy atom. The van der Waals surface area contributed by atoms with Gasteiger partial charge in [0.1, 0.15) is 0 Å². The van der Waals surface area contributed by atoms with Gasteiger partial charge in [-0.1, -0.05) is 13.8 Å². The van der Waals surface area contributed by atoms with Gasteiger partial charge in [0, 0.05) is 13.1 Å². The third-order valence-corrected chi connectivity index (χ3v) is 1.89. The lowest BCUT2D eigenvalue weighted by atomic mass is 10.2. The lowest BCUT2D eigenvalue weighted by molar-refractivity contribution is 0.0914. The first-order valence-corrected chi connectivity index (χ1v) is 5.32. The van der Waals surface area contributed by atoms with Crippen molar-refractivity contribution >= 4 is 6.09 Å². The van der Waals surface area contributed by atoms with E-state index in [2.05, 4.69) is 6.07 Å². The minimum Gasteiger partial charge on any atom is -0.449 e. The highest BCUT2D eigenvalue weighted by atomic mass is 16.6. The summed E-state index contributed by atoms with van der Waals surface area (Å²) in [5.74, 6) is 0.178. The SMILES string of the molecule is CCN(CC(C)C#N)C(=O)OCC(C)C. The molecule has 1 amide bonds. The molecule has 0 saturated heterocycles. The first-order chi connectivity index (χ1) is 7.01. The number of carbonyl (C=O) groups is 1. The highest BCUT2D eigenvalue weighted by Gasteiger charge is 2.16. The smallest absolute Gasteiger partial charge is 0.409 e. The number of hydrogen-bond donors (Lipinski definition) is 0. The fraction of sp³-hybridized carbons (Fsp3) is 0.818. The van der Waals surface area contributed by atoms with Gasteiger partial charge in [-0.2, -0.15) is 5.26 Å². The summed E-state index contributed by atoms with van der Waals surface area (Å²) in [5.41, 5.74) is 0. The number of carbonyl (C=O) groups excluding carboxylic acids is 1. The maximum absolute atomic E-state index is 11.5. The number of rotatable bonds is 5. The van der Waals surface area contributed by atoms with E-state index in [0.29, 0.717) is 25.6 Å². The predicted octanol–water partition coefficient (Wildman–Crippen LogP) is 2.26. The zero-order valence-corrected chi connectivity index (χ0v) is 9.99. The quantitative estimate of drug-likeness (QED) is 0.702. The van der Waals surface area contributed by atoms with Crippen molar-refractivity contribution in [3.05, 3.63) is 0 Å². The van der Waals surface area contributed by atoms with Gasteiger partial charge in [-0.3, -0.25) is 0 Å². The van der Waals surface area contributed by atoms with Crippen molar-refractivity contribution in [2.45, 2.75) is 27.7 Å². The molecule has 4 heteroatoms. The van der Waals surface area contributed by atoms with E-state index in [1.165, 1.54) is 0 Å². The molecule has 0 aromatic heterocycles. The van der Waals surface area contributed by atoms with E-state index in [4.69, 9.17) is 10.00 Å². The Bertz CT molecular complexity index is 233. The van der Waals surface area contributed by atoms with E-state index < -0.39 is 0 Å². The molecule has 0 N–H and O–H groups in total. The molecule has 0 aliphatic rings. The molecule has 4 nitrogen and oxygen atoms in total. The van der Waals surface area contributed by atoms with Crippen LogP contribution in [0.3, 0.4) is 0 Å². The highest BCUT2D eigenvalue weighted by molar-refractivity contribution is 5.67. The standard InChI is InChI=1S/C11H20N2O2/c1-5-13(7-10(4)6-12)11(14)15-8-9(2)3/h9-10H,5,7-8H2,1-4H3. The third kappa shape index (κ3) is 5.95. The number of hydrogen-bond acceptors (Lipinski definition) is 3. The molecular weight excluding hydrogens is 192 g/mol. The van der Waals surface area contributed by atoms with Crippen molar-refractivity contribution in [3.63, 3.8) is 0 Å². The Morgan fingerprint density at radius 1 is 1.47 bits per heavy atom. The topological polar surface area (TPSA) is 53.3 Å². The minimum atomic E-state index is -0.326. The van der Waals surface area contributed by atoms with Crippen molar-refractivity contribution in [1.82, 2.24) is 4.90 Å². The van der Waals surface area contributed by atoms with E-state index in [1.807, 2.05) is 20.8 Å². The average Bonchev–Trinajstić information content (AvgIpc) is 2.21. The summed E-state index contributed by atoms with van der Waals surface area (Å²) in [5, 5.41) is 8.65. The van der Waals surface area contributed by atoms with Crippen LogP contribution in [0.15, 0.2) is 0 Å². The van der Waals surface area contributed by atoms with Crippen LogP contribution in [0.25, 0.3) is 0 Å². The lowest BCUT2D eigenvalue weighted by Gasteiger charge is -2.21. The molecule has 0 radical (unpaired) electrons. The van der Waals surface area contributed by atoms with Crippen LogP contribution in [0.2, 0.25) is 0 Å². The molecular formula is C11H20N2O2. The first-order valence-electron chi connectivity index (χ1n) is 5.32. The first kappa shape index (κ1) is 13.8. The van der Waals surface area contributed by atoms with Gasteiger partial charge in [0.05, 0.1) is 18.6 Å². The zero-order valence-electron chi connectivity index (χ0n) is 9.99. The van der Waals surface area contributed by atoms with Crippen LogP contribution in [0.5, 0.6) is 0 Å². The van der Waals surface area contributed by atoms with Crippen LogP contribution in [-0.2, 0) is 4.74 Å². The molecule has 0 saturated carbocycles. The predicted molar refractivity (Wildman–Crippen MR) is 58.2 cm³/mol. The van der Waals surface area contributed by atoms with Crippen molar-refractivity contribution < 1.29 is 9.53 Å². The van der Waals surface area contributed by atoms with Crippen LogP contribution < -0.4 is 0 Å². The van der Waals surface area contributed by atoms with Gasteiger partial charge in [0.15, 0.2) is 0 Å². The van der Waals surface area contributed by atoms with Crippen LogP contribution in [0.4, 0.5) is 4.79 Å². The fourth-order valence-electron chi connectivity index (χ4n) is 1.03. The Kier molecular flexibility index (Phi) is 6.52. The van der Waals surface area contributed by atoms with Gasteiger partial charge in [-0.15, -0.1) is 0 Å². The number of nitriles is 1. The highest BCUT2D eigenvalue weighted by Crippen LogP contribution is 2.02. The molecule has 15 heavy (non-hydrogen) atoms. The number of nitrogens with zero attached hydrogens (tertiary/aromatic N) is 2. The lowest BCUT2D eigenvalue weighted by Crippen LogP contribution is -2.35. The second kappa shape index (κ2) is 7.10. The van der Waals surface area contributed by atoms with Crippen molar-refractivity contribution in [2.24, 2.45) is 11.8 Å². The van der Waals surface area contributed by atoms with E-state index in [9.17, 15) is 4.79 Å². The number of amides is 1. The molecule has 1 atom stereocenters. The fourth-order valence-corrected chi connectivity index (χ4v) is 1.03. The van der Waals surface area contributed by atoms with E-state index in [-0.39, 0.29) is 12.0 Å². The van der Waals surface area contributed by atoms with Crippen molar-refractivity contribution in [2.75, 3.05) is 19.7 Å². The Labute approximate surface area is 91.8 Å². The average molecular weight is 212 g/mol. The second-order valence-corrected chi connectivity index (χ2v) is 4.04. The molecule has 0 rings (SSSR count). The van der Waals surface area contributed by atoms with Gasteiger partial charge in [-0.05, 0) is 19.8 Å². The minimum absolute atomic E-state index is 0.156. The van der Waals surface area contributed by atoms with Gasteiger partial charge < -0.3 is 9.64 Å². The summed E-state index contributed by atoms with van der Waals surface area (Å²) in [6, 6.07) is 2.10. The normalized spacial score (nSPS) is 12.0. The summed E-state index contributed by atoms with van der Waals surface area (Å²) in [6.07, 6.45) is -0.326. The molecule has 0 aliphatic heterocycles. The van der Waals surface area contributed by atoms with E-state index >= 15 is 0 Å². The largest absolute Gasteiger partial charge is 0.449 e. The summed E-state index contributed by atoms with van der Waals surface area (Å²) in [7, 11) is 0. The third-order valence-electron chi connectivity index (χ3n) is 1.89. The van der Waals surface area contributed by atoms with E-state index in [0.717, 1.165) is 0 Å². The van der Waals surface area contributed by atoms with Gasteiger partial charge >= 0.3 is 6.09 Å². The molecule has 0 bridgehead atoms. The summed E-state index contributed by atoms with van der Waals surface area (Å²) in [6.45, 7) is 9.07. The van der Waals surface area contributed by atoms with Gasteiger partial charge in [0.25, 0.3) is 0 Å². The van der Waals surface area contributed by atoms with Crippen LogP contribution >= 0.6 is 0 Å². The van der Waals surface area contributed by atoms with Crippen LogP contribution in [0.1, 0.15) is 27.7 Å². The number of ether oxygens (including phenoxy) is 1. The monoisotopic (exact) mass is 212 g/mol. The van der Waals surface area contributed by atoms with Crippen LogP contribution in [-0.4, -0.2) is 30.7 Å². The molecule has 86 valence electrons. The molecule has 0 aromatic carbocycles. The maximum atomic E-state index is 11.5. The van der Waals surface area contributed by atoms with Gasteiger partial charge in [0.2, 0.25) is 0 Å². The summed E-state index contributed by atoms with van der Waals surface area (Å²) in [4.78, 5) is 13.1. The summed E-state index contributed by atoms with van der Waals surface area (Å²) < 4.78 is 5.08. The molecule has 1 unspecified atom stereocenters. The molecule has 0 aliphatic carbocycles. The van der Waals surface area contributed by atoms with Crippen molar-refractivity contribution in [3.8, 4) is 6.07 Å². The molecule has 0 heterocycles. The Hall–Kier alpha value is -1.24. The Balaban J connectivity index is 4.06. The van der Waals surface area contributed by atoms with Gasteiger partial charge in [-0.25, -0.2) is 4.79 Å². The van der Waals surface area contributed by atoms with E-state index in [1.54, 1.807) is 11.8 Å². The van der Waals surface area contributed by atoms with Crippen LogP contribution in [0, 0.1) is 23.2 Å². The van der Waals surface area contributed by atoms with Crippen molar-refractivity contribution in [1.29, 1.82) is 5.26 Å². The molecule has 0 spiro atoms. The molecule has 0 aromatic rings. The summed E-state index contributed by atoms with van der Waals surface area (Å²) >= 11 is 0. The Morgan fingerprint density at radius 2 is 2.07 bits per heavy atom.